The van der Waals surface area contributed by atoms with Gasteiger partial charge in [-0.3, -0.25) is 0 Å². The van der Waals surface area contributed by atoms with Gasteiger partial charge in [-0.15, -0.1) is 0 Å². The summed E-state index contributed by atoms with van der Waals surface area (Å²) >= 11 is 6.38. The fraction of sp³-hybridized carbons (Fsp3) is 0.448. The van der Waals surface area contributed by atoms with Crippen LogP contribution in [0.5, 0.6) is 0 Å². The van der Waals surface area contributed by atoms with Crippen LogP contribution in [0.1, 0.15) is 51.7 Å². The van der Waals surface area contributed by atoms with Crippen LogP contribution in [0.15, 0.2) is 54.6 Å². The first-order valence-corrected chi connectivity index (χ1v) is 13.0. The third kappa shape index (κ3) is 8.02. The van der Waals surface area contributed by atoms with E-state index in [4.69, 9.17) is 21.1 Å². The van der Waals surface area contributed by atoms with Crippen molar-refractivity contribution in [1.82, 2.24) is 4.90 Å². The summed E-state index contributed by atoms with van der Waals surface area (Å²) in [4.78, 5) is 28.4. The number of aryl methyl sites for hydroxylation is 2. The number of carbonyl (C=O) groups excluding carboxylic acids is 2. The van der Waals surface area contributed by atoms with E-state index in [1.807, 2.05) is 32.9 Å². The average molecular weight is 513 g/mol. The highest BCUT2D eigenvalue weighted by molar-refractivity contribution is 6.30. The third-order valence-corrected chi connectivity index (χ3v) is 6.10. The van der Waals surface area contributed by atoms with Crippen LogP contribution in [0.25, 0.3) is 0 Å². The number of nitrogens with zero attached hydrogens (tertiary/aromatic N) is 2. The summed E-state index contributed by atoms with van der Waals surface area (Å²) in [5, 5.41) is 0.725. The number of esters is 1. The number of fused-ring (bicyclic) bond motifs is 2. The van der Waals surface area contributed by atoms with Gasteiger partial charge < -0.3 is 19.3 Å². The second-order valence-electron chi connectivity index (χ2n) is 9.84. The van der Waals surface area contributed by atoms with E-state index in [0.717, 1.165) is 42.9 Å². The third-order valence-electron chi connectivity index (χ3n) is 5.86. The number of anilines is 2. The Balaban J connectivity index is 1.69. The minimum absolute atomic E-state index is 0.277. The Hall–Kier alpha value is -2.99. The van der Waals surface area contributed by atoms with E-state index >= 15 is 0 Å². The lowest BCUT2D eigenvalue weighted by atomic mass is 10.0. The van der Waals surface area contributed by atoms with Crippen molar-refractivity contribution in [2.75, 3.05) is 31.1 Å². The Morgan fingerprint density at radius 3 is 2.50 bits per heavy atom. The molecule has 0 N–H and O–H groups in total. The van der Waals surface area contributed by atoms with E-state index in [1.54, 1.807) is 17.9 Å². The van der Waals surface area contributed by atoms with Crippen LogP contribution in [0.4, 0.5) is 16.2 Å². The van der Waals surface area contributed by atoms with E-state index in [2.05, 4.69) is 35.2 Å². The predicted molar refractivity (Wildman–Crippen MR) is 145 cm³/mol. The molecule has 0 unspecified atom stereocenters. The van der Waals surface area contributed by atoms with Crippen molar-refractivity contribution in [2.24, 2.45) is 0 Å². The molecule has 7 heteroatoms. The quantitative estimate of drug-likeness (QED) is 0.212. The molecule has 0 bridgehead atoms. The number of amides is 1. The van der Waals surface area contributed by atoms with Gasteiger partial charge >= 0.3 is 12.1 Å². The zero-order valence-electron chi connectivity index (χ0n) is 21.8. The maximum absolute atomic E-state index is 12.8. The summed E-state index contributed by atoms with van der Waals surface area (Å²) in [5.41, 5.74) is 4.37. The summed E-state index contributed by atoms with van der Waals surface area (Å²) in [6.07, 6.45) is 6.20. The van der Waals surface area contributed by atoms with Gasteiger partial charge in [0.15, 0.2) is 0 Å². The summed E-state index contributed by atoms with van der Waals surface area (Å²) < 4.78 is 10.5. The first kappa shape index (κ1) is 27.6. The fourth-order valence-corrected chi connectivity index (χ4v) is 4.41. The summed E-state index contributed by atoms with van der Waals surface area (Å²) in [5.74, 6) is -0.418. The maximum atomic E-state index is 12.8. The van der Waals surface area contributed by atoms with Crippen LogP contribution in [0.3, 0.4) is 0 Å². The van der Waals surface area contributed by atoms with Crippen LogP contribution in [-0.2, 0) is 27.1 Å². The molecule has 0 aliphatic carbocycles. The van der Waals surface area contributed by atoms with Crippen molar-refractivity contribution in [2.45, 2.75) is 59.0 Å². The Labute approximate surface area is 219 Å². The monoisotopic (exact) mass is 512 g/mol. The zero-order chi connectivity index (χ0) is 26.1. The van der Waals surface area contributed by atoms with E-state index < -0.39 is 17.7 Å². The summed E-state index contributed by atoms with van der Waals surface area (Å²) in [7, 11) is 0. The molecule has 194 valence electrons. The molecule has 0 saturated heterocycles. The molecule has 0 atom stereocenters. The van der Waals surface area contributed by atoms with Crippen molar-refractivity contribution in [1.29, 1.82) is 0 Å². The Kier molecular flexibility index (Phi) is 9.82. The number of ether oxygens (including phenoxy) is 2. The predicted octanol–water partition coefficient (Wildman–Crippen LogP) is 6.71. The first-order chi connectivity index (χ1) is 17.2. The number of rotatable bonds is 9. The summed E-state index contributed by atoms with van der Waals surface area (Å²) in [6, 6.07) is 14.6. The van der Waals surface area contributed by atoms with Crippen LogP contribution in [0, 0.1) is 0 Å². The van der Waals surface area contributed by atoms with Gasteiger partial charge in [0.2, 0.25) is 0 Å². The minimum atomic E-state index is -0.598. The highest BCUT2D eigenvalue weighted by Gasteiger charge is 2.23. The number of halogens is 1. The number of unbranched alkanes of at least 4 members (excludes halogenated alkanes) is 1. The molecule has 6 nitrogen and oxygen atoms in total. The van der Waals surface area contributed by atoms with E-state index in [1.165, 1.54) is 22.9 Å². The van der Waals surface area contributed by atoms with Crippen LogP contribution >= 0.6 is 11.6 Å². The molecule has 3 rings (SSSR count). The number of hydrogen-bond acceptors (Lipinski definition) is 5. The van der Waals surface area contributed by atoms with E-state index in [0.29, 0.717) is 13.2 Å². The van der Waals surface area contributed by atoms with Gasteiger partial charge in [0.05, 0.1) is 6.61 Å². The smallest absolute Gasteiger partial charge is 0.410 e. The van der Waals surface area contributed by atoms with Crippen LogP contribution in [0.2, 0.25) is 5.02 Å². The van der Waals surface area contributed by atoms with Crippen molar-refractivity contribution in [3.8, 4) is 0 Å². The summed E-state index contributed by atoms with van der Waals surface area (Å²) in [6.45, 7) is 9.19. The average Bonchev–Trinajstić information content (AvgIpc) is 2.96. The highest BCUT2D eigenvalue weighted by Crippen LogP contribution is 2.37. The molecule has 1 aliphatic rings. The zero-order valence-corrected chi connectivity index (χ0v) is 22.5. The first-order valence-electron chi connectivity index (χ1n) is 12.6. The molecule has 0 saturated carbocycles. The Bertz CT molecular complexity index is 1080. The molecule has 0 spiro atoms. The lowest BCUT2D eigenvalue weighted by Crippen LogP contribution is -2.37. The number of carbonyl (C=O) groups is 2. The molecule has 0 radical (unpaired) electrons. The Morgan fingerprint density at radius 1 is 1.06 bits per heavy atom. The number of benzene rings is 2. The molecule has 1 heterocycles. The van der Waals surface area contributed by atoms with Gasteiger partial charge in [-0.25, -0.2) is 9.59 Å². The molecule has 0 aromatic heterocycles. The topological polar surface area (TPSA) is 59.1 Å². The Morgan fingerprint density at radius 2 is 1.78 bits per heavy atom. The van der Waals surface area contributed by atoms with E-state index in [9.17, 15) is 9.59 Å². The highest BCUT2D eigenvalue weighted by atomic mass is 35.5. The second-order valence-corrected chi connectivity index (χ2v) is 10.3. The normalized spacial score (nSPS) is 13.1. The van der Waals surface area contributed by atoms with Gasteiger partial charge in [-0.05, 0) is 82.7 Å². The minimum Gasteiger partial charge on any atom is -0.463 e. The van der Waals surface area contributed by atoms with Crippen LogP contribution in [-0.4, -0.2) is 48.8 Å². The molecule has 1 aliphatic heterocycles. The van der Waals surface area contributed by atoms with Crippen molar-refractivity contribution >= 4 is 35.0 Å². The van der Waals surface area contributed by atoms with Gasteiger partial charge in [-0.1, -0.05) is 41.9 Å². The lowest BCUT2D eigenvalue weighted by Gasteiger charge is -2.29. The van der Waals surface area contributed by atoms with Gasteiger partial charge in [-0.2, -0.15) is 0 Å². The van der Waals surface area contributed by atoms with Gasteiger partial charge in [0.1, 0.15) is 5.60 Å². The SMILES string of the molecule is CCOC(=O)/C=C/CN(CCCCN1c2ccccc2CCc2ccc(Cl)cc21)C(=O)OC(C)(C)C. The maximum Gasteiger partial charge on any atom is 0.410 e. The molecular formula is C29H37ClN2O4. The van der Waals surface area contributed by atoms with Crippen molar-refractivity contribution < 1.29 is 19.1 Å². The van der Waals surface area contributed by atoms with Gasteiger partial charge in [0, 0.05) is 42.1 Å². The van der Waals surface area contributed by atoms with Crippen LogP contribution < -0.4 is 4.90 Å². The second kappa shape index (κ2) is 12.8. The van der Waals surface area contributed by atoms with Crippen molar-refractivity contribution in [3.05, 3.63) is 70.8 Å². The molecule has 36 heavy (non-hydrogen) atoms. The number of hydrogen-bond donors (Lipinski definition) is 0. The van der Waals surface area contributed by atoms with Gasteiger partial charge in [0.25, 0.3) is 0 Å². The van der Waals surface area contributed by atoms with Crippen molar-refractivity contribution in [3.63, 3.8) is 0 Å². The molecule has 1 amide bonds. The number of para-hydroxylation sites is 1. The molecule has 2 aromatic rings. The standard InChI is InChI=1S/C29H37ClN2O4/c1-5-35-27(33)13-10-19-31(28(34)36-29(2,3)4)18-8-9-20-32-25-12-7-6-11-22(25)14-15-23-16-17-24(30)21-26(23)32/h6-7,10-13,16-17,21H,5,8-9,14-15,18-20H2,1-4H3/b13-10+. The largest absolute Gasteiger partial charge is 0.463 e. The molecular weight excluding hydrogens is 476 g/mol. The molecule has 2 aromatic carbocycles. The lowest BCUT2D eigenvalue weighted by molar-refractivity contribution is -0.137. The fourth-order valence-electron chi connectivity index (χ4n) is 4.25. The molecule has 0 fully saturated rings. The van der Waals surface area contributed by atoms with E-state index in [-0.39, 0.29) is 6.54 Å².